The molecule has 2 nitrogen and oxygen atoms in total. The van der Waals surface area contributed by atoms with Crippen LogP contribution in [0.4, 0.5) is 0 Å². The van der Waals surface area contributed by atoms with Crippen LogP contribution in [0, 0.1) is 0 Å². The number of pyridine rings is 2. The molecule has 0 bridgehead atoms. The summed E-state index contributed by atoms with van der Waals surface area (Å²) in [6, 6.07) is 29.5. The summed E-state index contributed by atoms with van der Waals surface area (Å²) in [5.41, 5.74) is 4.19. The van der Waals surface area contributed by atoms with Gasteiger partial charge in [-0.3, -0.25) is 9.97 Å². The summed E-state index contributed by atoms with van der Waals surface area (Å²) in [6.07, 6.45) is 3.67. The fraction of sp³-hybridized carbons (Fsp3) is 0. The highest BCUT2D eigenvalue weighted by molar-refractivity contribution is 6.12. The average Bonchev–Trinajstić information content (AvgIpc) is 2.72. The van der Waals surface area contributed by atoms with Crippen molar-refractivity contribution in [3.8, 4) is 22.5 Å². The van der Waals surface area contributed by atoms with Gasteiger partial charge in [-0.25, -0.2) is 0 Å². The van der Waals surface area contributed by atoms with E-state index < -0.39 is 0 Å². The maximum atomic E-state index is 4.53. The summed E-state index contributed by atoms with van der Waals surface area (Å²) in [6.45, 7) is 0. The largest absolute Gasteiger partial charge is 0.255 e. The summed E-state index contributed by atoms with van der Waals surface area (Å²) in [4.78, 5) is 8.98. The molecule has 0 fully saturated rings. The quantitative estimate of drug-likeness (QED) is 0.364. The first-order valence-electron chi connectivity index (χ1n) is 8.68. The fourth-order valence-corrected chi connectivity index (χ4v) is 3.57. The van der Waals surface area contributed by atoms with Crippen molar-refractivity contribution in [1.82, 2.24) is 9.97 Å². The number of fused-ring (bicyclic) bond motifs is 2. The number of hydrogen-bond donors (Lipinski definition) is 0. The van der Waals surface area contributed by atoms with Gasteiger partial charge in [0, 0.05) is 12.4 Å². The minimum atomic E-state index is 0.888. The van der Waals surface area contributed by atoms with Crippen molar-refractivity contribution in [3.05, 3.63) is 97.3 Å². The van der Waals surface area contributed by atoms with Crippen LogP contribution in [0.3, 0.4) is 0 Å². The predicted octanol–water partition coefficient (Wildman–Crippen LogP) is 6.12. The third-order valence-electron chi connectivity index (χ3n) is 4.75. The first-order valence-corrected chi connectivity index (χ1v) is 8.68. The maximum Gasteiger partial charge on any atom is 0.0892 e. The van der Waals surface area contributed by atoms with Crippen molar-refractivity contribution in [2.75, 3.05) is 0 Å². The lowest BCUT2D eigenvalue weighted by Crippen LogP contribution is -1.90. The second kappa shape index (κ2) is 6.08. The highest BCUT2D eigenvalue weighted by Gasteiger charge is 2.11. The number of nitrogens with zero attached hydrogens (tertiary/aromatic N) is 2. The Morgan fingerprint density at radius 1 is 0.500 bits per heavy atom. The second-order valence-electron chi connectivity index (χ2n) is 6.34. The van der Waals surface area contributed by atoms with E-state index in [2.05, 4.69) is 76.7 Å². The van der Waals surface area contributed by atoms with E-state index in [0.717, 1.165) is 17.0 Å². The molecule has 5 rings (SSSR count). The van der Waals surface area contributed by atoms with Crippen molar-refractivity contribution in [3.63, 3.8) is 0 Å². The van der Waals surface area contributed by atoms with E-state index in [9.17, 15) is 0 Å². The smallest absolute Gasteiger partial charge is 0.0892 e. The van der Waals surface area contributed by atoms with Gasteiger partial charge >= 0.3 is 0 Å². The lowest BCUT2D eigenvalue weighted by molar-refractivity contribution is 1.25. The topological polar surface area (TPSA) is 25.8 Å². The maximum absolute atomic E-state index is 4.53. The zero-order valence-electron chi connectivity index (χ0n) is 14.1. The molecule has 0 N–H and O–H groups in total. The van der Waals surface area contributed by atoms with E-state index in [1.807, 2.05) is 24.4 Å². The Balaban J connectivity index is 1.84. The zero-order valence-corrected chi connectivity index (χ0v) is 14.1. The van der Waals surface area contributed by atoms with Crippen LogP contribution in [0.25, 0.3) is 44.1 Å². The Bertz CT molecular complexity index is 1170. The molecule has 0 radical (unpaired) electrons. The molecule has 0 spiro atoms. The molecular formula is C24H16N2. The van der Waals surface area contributed by atoms with Gasteiger partial charge in [-0.15, -0.1) is 0 Å². The molecule has 0 aliphatic carbocycles. The van der Waals surface area contributed by atoms with Crippen molar-refractivity contribution in [2.45, 2.75) is 0 Å². The van der Waals surface area contributed by atoms with Gasteiger partial charge < -0.3 is 0 Å². The molecule has 26 heavy (non-hydrogen) atoms. The fourth-order valence-electron chi connectivity index (χ4n) is 3.57. The highest BCUT2D eigenvalue weighted by Crippen LogP contribution is 2.37. The lowest BCUT2D eigenvalue weighted by atomic mass is 9.92. The van der Waals surface area contributed by atoms with Gasteiger partial charge in [-0.05, 0) is 63.0 Å². The molecule has 0 saturated heterocycles. The third-order valence-corrected chi connectivity index (χ3v) is 4.75. The van der Waals surface area contributed by atoms with Crippen LogP contribution in [0.15, 0.2) is 97.3 Å². The Hall–Kier alpha value is -3.52. The summed E-state index contributed by atoms with van der Waals surface area (Å²) < 4.78 is 0. The van der Waals surface area contributed by atoms with E-state index >= 15 is 0 Å². The van der Waals surface area contributed by atoms with Gasteiger partial charge in [0.1, 0.15) is 0 Å². The molecule has 5 aromatic rings. The predicted molar refractivity (Wildman–Crippen MR) is 108 cm³/mol. The number of hydrogen-bond acceptors (Lipinski definition) is 2. The van der Waals surface area contributed by atoms with Gasteiger partial charge in [0.05, 0.1) is 11.4 Å². The van der Waals surface area contributed by atoms with Gasteiger partial charge in [0.2, 0.25) is 0 Å². The van der Waals surface area contributed by atoms with E-state index in [-0.39, 0.29) is 0 Å². The number of aromatic nitrogens is 2. The first kappa shape index (κ1) is 14.8. The third kappa shape index (κ3) is 2.44. The van der Waals surface area contributed by atoms with Crippen LogP contribution in [0.5, 0.6) is 0 Å². The molecule has 0 aliphatic heterocycles. The van der Waals surface area contributed by atoms with E-state index in [4.69, 9.17) is 0 Å². The SMILES string of the molecule is c1ccc(-c2cc(-c3c4ccccc4cc4ccccc34)ccn2)nc1. The zero-order chi connectivity index (χ0) is 17.3. The van der Waals surface area contributed by atoms with Crippen molar-refractivity contribution in [1.29, 1.82) is 0 Å². The normalized spacial score (nSPS) is 11.1. The molecule has 2 aromatic heterocycles. The monoisotopic (exact) mass is 332 g/mol. The molecule has 0 amide bonds. The summed E-state index contributed by atoms with van der Waals surface area (Å²) >= 11 is 0. The Labute approximate surface area is 151 Å². The van der Waals surface area contributed by atoms with Crippen molar-refractivity contribution < 1.29 is 0 Å². The van der Waals surface area contributed by atoms with Crippen molar-refractivity contribution in [2.24, 2.45) is 0 Å². The van der Waals surface area contributed by atoms with Gasteiger partial charge in [-0.1, -0.05) is 54.6 Å². The van der Waals surface area contributed by atoms with Crippen LogP contribution in [-0.2, 0) is 0 Å². The molecule has 0 aliphatic rings. The minimum Gasteiger partial charge on any atom is -0.255 e. The second-order valence-corrected chi connectivity index (χ2v) is 6.34. The van der Waals surface area contributed by atoms with Gasteiger partial charge in [0.25, 0.3) is 0 Å². The van der Waals surface area contributed by atoms with Crippen LogP contribution < -0.4 is 0 Å². The van der Waals surface area contributed by atoms with Crippen LogP contribution in [0.1, 0.15) is 0 Å². The Morgan fingerprint density at radius 2 is 1.15 bits per heavy atom. The molecule has 122 valence electrons. The van der Waals surface area contributed by atoms with Gasteiger partial charge in [0.15, 0.2) is 0 Å². The minimum absolute atomic E-state index is 0.888. The molecule has 0 saturated carbocycles. The van der Waals surface area contributed by atoms with Crippen molar-refractivity contribution >= 4 is 21.5 Å². The average molecular weight is 332 g/mol. The number of benzene rings is 3. The first-order chi connectivity index (χ1) is 12.9. The van der Waals surface area contributed by atoms with Crippen LogP contribution in [0.2, 0.25) is 0 Å². The lowest BCUT2D eigenvalue weighted by Gasteiger charge is -2.12. The standard InChI is InChI=1S/C24H16N2/c1-3-9-20-17(7-1)15-18-8-2-4-10-21(18)24(20)19-12-14-26-23(16-19)22-11-5-6-13-25-22/h1-16H. The number of rotatable bonds is 2. The summed E-state index contributed by atoms with van der Waals surface area (Å²) in [5, 5.41) is 5.00. The van der Waals surface area contributed by atoms with E-state index in [1.165, 1.54) is 27.1 Å². The Kier molecular flexibility index (Phi) is 3.46. The molecule has 2 heteroatoms. The highest BCUT2D eigenvalue weighted by atomic mass is 14.8. The molecule has 0 unspecified atom stereocenters. The molecule has 3 aromatic carbocycles. The Morgan fingerprint density at radius 3 is 1.85 bits per heavy atom. The van der Waals surface area contributed by atoms with E-state index in [0.29, 0.717) is 0 Å². The summed E-state index contributed by atoms with van der Waals surface area (Å²) in [5.74, 6) is 0. The molecule has 2 heterocycles. The van der Waals surface area contributed by atoms with Crippen LogP contribution in [-0.4, -0.2) is 9.97 Å². The molecule has 0 atom stereocenters. The molecular weight excluding hydrogens is 316 g/mol. The van der Waals surface area contributed by atoms with E-state index in [1.54, 1.807) is 6.20 Å². The summed E-state index contributed by atoms with van der Waals surface area (Å²) in [7, 11) is 0. The van der Waals surface area contributed by atoms with Gasteiger partial charge in [-0.2, -0.15) is 0 Å². The van der Waals surface area contributed by atoms with Crippen LogP contribution >= 0.6 is 0 Å².